The summed E-state index contributed by atoms with van der Waals surface area (Å²) in [5, 5.41) is 12.0. The Morgan fingerprint density at radius 2 is 2.31 bits per heavy atom. The second kappa shape index (κ2) is 6.86. The molecule has 1 saturated heterocycles. The summed E-state index contributed by atoms with van der Waals surface area (Å²) in [6.07, 6.45) is 2.82. The zero-order valence-electron chi connectivity index (χ0n) is 10.4. The Kier molecular flexibility index (Phi) is 5.77. The maximum Gasteiger partial charge on any atom is 0.221 e. The molecule has 1 amide bonds. The number of nitrogens with zero attached hydrogens (tertiary/aromatic N) is 1. The van der Waals surface area contributed by atoms with E-state index in [1.165, 1.54) is 0 Å². The summed E-state index contributed by atoms with van der Waals surface area (Å²) in [7, 11) is 0. The molecular formula is C12H24N2O2. The maximum atomic E-state index is 11.5. The molecule has 1 aliphatic rings. The fourth-order valence-corrected chi connectivity index (χ4v) is 2.16. The van der Waals surface area contributed by atoms with Gasteiger partial charge in [0.1, 0.15) is 0 Å². The van der Waals surface area contributed by atoms with Gasteiger partial charge in [0.15, 0.2) is 0 Å². The van der Waals surface area contributed by atoms with Gasteiger partial charge in [0, 0.05) is 32.2 Å². The maximum absolute atomic E-state index is 11.5. The predicted molar refractivity (Wildman–Crippen MR) is 64.1 cm³/mol. The van der Waals surface area contributed by atoms with Gasteiger partial charge in [0.2, 0.25) is 5.91 Å². The molecule has 0 aromatic heterocycles. The van der Waals surface area contributed by atoms with E-state index in [0.717, 1.165) is 32.5 Å². The van der Waals surface area contributed by atoms with E-state index in [1.54, 1.807) is 0 Å². The predicted octanol–water partition coefficient (Wildman–Crippen LogP) is 0.605. The highest BCUT2D eigenvalue weighted by molar-refractivity contribution is 5.76. The first-order valence-corrected chi connectivity index (χ1v) is 6.24. The van der Waals surface area contributed by atoms with Crippen LogP contribution in [-0.2, 0) is 4.79 Å². The molecule has 0 aliphatic carbocycles. The quantitative estimate of drug-likeness (QED) is 0.725. The van der Waals surface area contributed by atoms with Crippen molar-refractivity contribution in [2.45, 2.75) is 39.2 Å². The standard InChI is InChI=1S/C12H24N2O2/c1-10(2)13-12(16)5-7-14-6-3-4-11(8-14)9-15/h10-11,15H,3-9H2,1-2H3,(H,13,16). The van der Waals surface area contributed by atoms with Crippen LogP contribution in [0.2, 0.25) is 0 Å². The van der Waals surface area contributed by atoms with Crippen LogP contribution in [0.1, 0.15) is 33.1 Å². The van der Waals surface area contributed by atoms with Crippen molar-refractivity contribution >= 4 is 5.91 Å². The van der Waals surface area contributed by atoms with Crippen LogP contribution in [-0.4, -0.2) is 48.2 Å². The van der Waals surface area contributed by atoms with Gasteiger partial charge in [0.05, 0.1) is 0 Å². The molecule has 4 heteroatoms. The molecule has 0 saturated carbocycles. The molecule has 0 bridgehead atoms. The summed E-state index contributed by atoms with van der Waals surface area (Å²) < 4.78 is 0. The van der Waals surface area contributed by atoms with E-state index in [-0.39, 0.29) is 18.6 Å². The van der Waals surface area contributed by atoms with Crippen LogP contribution >= 0.6 is 0 Å². The minimum atomic E-state index is 0.126. The van der Waals surface area contributed by atoms with Gasteiger partial charge in [-0.15, -0.1) is 0 Å². The molecule has 94 valence electrons. The minimum absolute atomic E-state index is 0.126. The van der Waals surface area contributed by atoms with Crippen LogP contribution in [0.5, 0.6) is 0 Å². The van der Waals surface area contributed by atoms with Gasteiger partial charge >= 0.3 is 0 Å². The van der Waals surface area contributed by atoms with Crippen molar-refractivity contribution in [1.82, 2.24) is 10.2 Å². The molecule has 4 nitrogen and oxygen atoms in total. The topological polar surface area (TPSA) is 52.6 Å². The molecule has 0 spiro atoms. The second-order valence-electron chi connectivity index (χ2n) is 4.96. The number of aliphatic hydroxyl groups excluding tert-OH is 1. The molecule has 1 aliphatic heterocycles. The molecule has 1 unspecified atom stereocenters. The Labute approximate surface area is 98.0 Å². The second-order valence-corrected chi connectivity index (χ2v) is 4.96. The van der Waals surface area contributed by atoms with Crippen molar-refractivity contribution in [2.75, 3.05) is 26.2 Å². The monoisotopic (exact) mass is 228 g/mol. The molecular weight excluding hydrogens is 204 g/mol. The summed E-state index contributed by atoms with van der Waals surface area (Å²) in [5.41, 5.74) is 0. The largest absolute Gasteiger partial charge is 0.396 e. The number of nitrogens with one attached hydrogen (secondary N) is 1. The van der Waals surface area contributed by atoms with Crippen molar-refractivity contribution in [3.63, 3.8) is 0 Å². The Balaban J connectivity index is 2.19. The number of piperidine rings is 1. The third-order valence-corrected chi connectivity index (χ3v) is 2.97. The Hall–Kier alpha value is -0.610. The number of rotatable bonds is 5. The number of aliphatic hydroxyl groups is 1. The highest BCUT2D eigenvalue weighted by Crippen LogP contribution is 2.15. The highest BCUT2D eigenvalue weighted by atomic mass is 16.3. The van der Waals surface area contributed by atoms with E-state index in [9.17, 15) is 4.79 Å². The smallest absolute Gasteiger partial charge is 0.221 e. The van der Waals surface area contributed by atoms with Crippen LogP contribution in [0.3, 0.4) is 0 Å². The number of amides is 1. The fraction of sp³-hybridized carbons (Fsp3) is 0.917. The van der Waals surface area contributed by atoms with E-state index in [4.69, 9.17) is 5.11 Å². The van der Waals surface area contributed by atoms with Gasteiger partial charge in [-0.3, -0.25) is 4.79 Å². The summed E-state index contributed by atoms with van der Waals surface area (Å²) in [6.45, 7) is 7.03. The average Bonchev–Trinajstić information content (AvgIpc) is 2.26. The molecule has 1 fully saturated rings. The Morgan fingerprint density at radius 1 is 1.56 bits per heavy atom. The molecule has 1 heterocycles. The van der Waals surface area contributed by atoms with Crippen LogP contribution in [0.25, 0.3) is 0 Å². The molecule has 2 N–H and O–H groups in total. The molecule has 0 aromatic carbocycles. The Morgan fingerprint density at radius 3 is 2.94 bits per heavy atom. The molecule has 1 atom stereocenters. The van der Waals surface area contributed by atoms with Gasteiger partial charge in [-0.25, -0.2) is 0 Å². The van der Waals surface area contributed by atoms with Crippen molar-refractivity contribution in [3.8, 4) is 0 Å². The van der Waals surface area contributed by atoms with Crippen LogP contribution in [0, 0.1) is 5.92 Å². The van der Waals surface area contributed by atoms with E-state index in [0.29, 0.717) is 12.3 Å². The van der Waals surface area contributed by atoms with Gasteiger partial charge in [-0.1, -0.05) is 0 Å². The zero-order chi connectivity index (χ0) is 12.0. The van der Waals surface area contributed by atoms with E-state index >= 15 is 0 Å². The number of carbonyl (C=O) groups is 1. The lowest BCUT2D eigenvalue weighted by molar-refractivity contribution is -0.122. The summed E-state index contributed by atoms with van der Waals surface area (Å²) in [5.74, 6) is 0.531. The van der Waals surface area contributed by atoms with E-state index in [1.807, 2.05) is 13.8 Å². The normalized spacial score (nSPS) is 22.4. The lowest BCUT2D eigenvalue weighted by Crippen LogP contribution is -2.39. The Bertz CT molecular complexity index is 219. The van der Waals surface area contributed by atoms with Gasteiger partial charge in [-0.05, 0) is 39.2 Å². The molecule has 1 rings (SSSR count). The van der Waals surface area contributed by atoms with Crippen LogP contribution < -0.4 is 5.32 Å². The number of likely N-dealkylation sites (tertiary alicyclic amines) is 1. The van der Waals surface area contributed by atoms with Crippen LogP contribution in [0.15, 0.2) is 0 Å². The molecule has 0 radical (unpaired) electrons. The first kappa shape index (κ1) is 13.5. The number of hydrogen-bond donors (Lipinski definition) is 2. The van der Waals surface area contributed by atoms with Crippen molar-refractivity contribution in [3.05, 3.63) is 0 Å². The first-order chi connectivity index (χ1) is 7.61. The van der Waals surface area contributed by atoms with Crippen molar-refractivity contribution in [1.29, 1.82) is 0 Å². The van der Waals surface area contributed by atoms with Crippen molar-refractivity contribution in [2.24, 2.45) is 5.92 Å². The van der Waals surface area contributed by atoms with Crippen LogP contribution in [0.4, 0.5) is 0 Å². The third kappa shape index (κ3) is 4.94. The van der Waals surface area contributed by atoms with E-state index in [2.05, 4.69) is 10.2 Å². The lowest BCUT2D eigenvalue weighted by atomic mass is 9.99. The fourth-order valence-electron chi connectivity index (χ4n) is 2.16. The first-order valence-electron chi connectivity index (χ1n) is 6.24. The summed E-state index contributed by atoms with van der Waals surface area (Å²) in [4.78, 5) is 13.7. The number of hydrogen-bond acceptors (Lipinski definition) is 3. The van der Waals surface area contributed by atoms with E-state index < -0.39 is 0 Å². The summed E-state index contributed by atoms with van der Waals surface area (Å²) >= 11 is 0. The minimum Gasteiger partial charge on any atom is -0.396 e. The van der Waals surface area contributed by atoms with Gasteiger partial charge in [0.25, 0.3) is 0 Å². The lowest BCUT2D eigenvalue weighted by Gasteiger charge is -2.31. The molecule has 0 aromatic rings. The van der Waals surface area contributed by atoms with Gasteiger partial charge in [-0.2, -0.15) is 0 Å². The van der Waals surface area contributed by atoms with Crippen molar-refractivity contribution < 1.29 is 9.90 Å². The highest BCUT2D eigenvalue weighted by Gasteiger charge is 2.19. The zero-order valence-corrected chi connectivity index (χ0v) is 10.4. The third-order valence-electron chi connectivity index (χ3n) is 2.97. The SMILES string of the molecule is CC(C)NC(=O)CCN1CCCC(CO)C1. The molecule has 16 heavy (non-hydrogen) atoms. The summed E-state index contributed by atoms with van der Waals surface area (Å²) in [6, 6.07) is 0.221. The number of carbonyl (C=O) groups excluding carboxylic acids is 1. The average molecular weight is 228 g/mol. The van der Waals surface area contributed by atoms with Gasteiger partial charge < -0.3 is 15.3 Å².